The van der Waals surface area contributed by atoms with Gasteiger partial charge in [0.05, 0.1) is 5.52 Å². The molecule has 0 saturated carbocycles. The highest BCUT2D eigenvalue weighted by atomic mass is 79.9. The number of halogens is 2. The SMILES string of the molecule is CN(C)c1cccc2c(Br)nc(-c3cccc(F)c3)n12. The highest BCUT2D eigenvalue weighted by molar-refractivity contribution is 9.10. The Morgan fingerprint density at radius 2 is 1.90 bits per heavy atom. The summed E-state index contributed by atoms with van der Waals surface area (Å²) in [6.07, 6.45) is 0. The van der Waals surface area contributed by atoms with Gasteiger partial charge in [0.1, 0.15) is 22.1 Å². The summed E-state index contributed by atoms with van der Waals surface area (Å²) in [4.78, 5) is 6.53. The smallest absolute Gasteiger partial charge is 0.147 e. The second-order valence-electron chi connectivity index (χ2n) is 4.74. The Labute approximate surface area is 124 Å². The van der Waals surface area contributed by atoms with E-state index in [1.54, 1.807) is 6.07 Å². The Balaban J connectivity index is 2.36. The van der Waals surface area contributed by atoms with E-state index < -0.39 is 0 Å². The number of pyridine rings is 1. The molecule has 0 radical (unpaired) electrons. The fourth-order valence-corrected chi connectivity index (χ4v) is 2.73. The van der Waals surface area contributed by atoms with Gasteiger partial charge in [-0.25, -0.2) is 9.37 Å². The normalized spacial score (nSPS) is 11.0. The Morgan fingerprint density at radius 1 is 1.15 bits per heavy atom. The van der Waals surface area contributed by atoms with Crippen LogP contribution in [0.25, 0.3) is 16.9 Å². The number of nitrogens with zero attached hydrogens (tertiary/aromatic N) is 3. The van der Waals surface area contributed by atoms with Crippen molar-refractivity contribution in [2.24, 2.45) is 0 Å². The average Bonchev–Trinajstić information content (AvgIpc) is 2.76. The summed E-state index contributed by atoms with van der Waals surface area (Å²) in [6.45, 7) is 0. The van der Waals surface area contributed by atoms with Crippen LogP contribution in [0.3, 0.4) is 0 Å². The monoisotopic (exact) mass is 333 g/mol. The lowest BCUT2D eigenvalue weighted by Crippen LogP contribution is -2.13. The van der Waals surface area contributed by atoms with Gasteiger partial charge >= 0.3 is 0 Å². The van der Waals surface area contributed by atoms with E-state index in [1.165, 1.54) is 12.1 Å². The minimum absolute atomic E-state index is 0.266. The van der Waals surface area contributed by atoms with E-state index in [4.69, 9.17) is 0 Å². The summed E-state index contributed by atoms with van der Waals surface area (Å²) < 4.78 is 16.2. The van der Waals surface area contributed by atoms with Crippen LogP contribution in [0.5, 0.6) is 0 Å². The topological polar surface area (TPSA) is 20.5 Å². The first-order valence-electron chi connectivity index (χ1n) is 6.18. The van der Waals surface area contributed by atoms with Crippen LogP contribution >= 0.6 is 15.9 Å². The number of fused-ring (bicyclic) bond motifs is 1. The predicted molar refractivity (Wildman–Crippen MR) is 82.6 cm³/mol. The lowest BCUT2D eigenvalue weighted by molar-refractivity contribution is 0.628. The fraction of sp³-hybridized carbons (Fsp3) is 0.133. The van der Waals surface area contributed by atoms with Gasteiger partial charge in [0.2, 0.25) is 0 Å². The molecule has 0 saturated heterocycles. The first-order valence-corrected chi connectivity index (χ1v) is 6.97. The summed E-state index contributed by atoms with van der Waals surface area (Å²) in [6, 6.07) is 12.4. The Morgan fingerprint density at radius 3 is 2.60 bits per heavy atom. The van der Waals surface area contributed by atoms with Gasteiger partial charge in [-0.2, -0.15) is 0 Å². The maximum absolute atomic E-state index is 13.5. The van der Waals surface area contributed by atoms with Gasteiger partial charge in [0.15, 0.2) is 0 Å². The lowest BCUT2D eigenvalue weighted by atomic mass is 10.2. The van der Waals surface area contributed by atoms with Crippen molar-refractivity contribution in [2.75, 3.05) is 19.0 Å². The van der Waals surface area contributed by atoms with E-state index in [9.17, 15) is 4.39 Å². The molecule has 1 aromatic carbocycles. The maximum Gasteiger partial charge on any atom is 0.147 e. The average molecular weight is 334 g/mol. The van der Waals surface area contributed by atoms with Crippen molar-refractivity contribution in [3.05, 3.63) is 52.9 Å². The molecule has 0 unspecified atom stereocenters. The first kappa shape index (κ1) is 13.1. The van der Waals surface area contributed by atoms with Crippen LogP contribution in [0.2, 0.25) is 0 Å². The number of anilines is 1. The largest absolute Gasteiger partial charge is 0.364 e. The zero-order valence-electron chi connectivity index (χ0n) is 11.1. The second-order valence-corrected chi connectivity index (χ2v) is 5.49. The van der Waals surface area contributed by atoms with Crippen molar-refractivity contribution in [2.45, 2.75) is 0 Å². The van der Waals surface area contributed by atoms with E-state index in [1.807, 2.05) is 47.7 Å². The number of hydrogen-bond acceptors (Lipinski definition) is 2. The number of imidazole rings is 1. The van der Waals surface area contributed by atoms with Crippen molar-refractivity contribution in [1.29, 1.82) is 0 Å². The van der Waals surface area contributed by atoms with E-state index in [0.29, 0.717) is 0 Å². The van der Waals surface area contributed by atoms with Crippen LogP contribution in [-0.2, 0) is 0 Å². The van der Waals surface area contributed by atoms with Gasteiger partial charge < -0.3 is 4.90 Å². The maximum atomic E-state index is 13.5. The van der Waals surface area contributed by atoms with E-state index in [-0.39, 0.29) is 5.82 Å². The molecular formula is C15H13BrFN3. The molecule has 0 amide bonds. The van der Waals surface area contributed by atoms with Crippen LogP contribution in [0, 0.1) is 5.82 Å². The molecule has 0 atom stereocenters. The van der Waals surface area contributed by atoms with Gasteiger partial charge in [-0.15, -0.1) is 0 Å². The molecule has 0 aliphatic rings. The van der Waals surface area contributed by atoms with Crippen molar-refractivity contribution in [3.8, 4) is 11.4 Å². The molecule has 3 rings (SSSR count). The summed E-state index contributed by atoms with van der Waals surface area (Å²) >= 11 is 3.47. The van der Waals surface area contributed by atoms with Crippen LogP contribution in [0.4, 0.5) is 10.2 Å². The molecule has 102 valence electrons. The molecule has 0 bridgehead atoms. The molecule has 0 aliphatic carbocycles. The van der Waals surface area contributed by atoms with Crippen molar-refractivity contribution in [1.82, 2.24) is 9.38 Å². The zero-order chi connectivity index (χ0) is 14.3. The summed E-state index contributed by atoms with van der Waals surface area (Å²) in [7, 11) is 3.94. The molecule has 5 heteroatoms. The third-order valence-corrected chi connectivity index (χ3v) is 3.72. The highest BCUT2D eigenvalue weighted by Crippen LogP contribution is 2.30. The van der Waals surface area contributed by atoms with Gasteiger partial charge in [0.25, 0.3) is 0 Å². The van der Waals surface area contributed by atoms with Gasteiger partial charge in [-0.05, 0) is 40.2 Å². The third-order valence-electron chi connectivity index (χ3n) is 3.14. The summed E-state index contributed by atoms with van der Waals surface area (Å²) in [5.74, 6) is 1.44. The van der Waals surface area contributed by atoms with Crippen LogP contribution in [0.1, 0.15) is 0 Å². The molecule has 20 heavy (non-hydrogen) atoms. The Kier molecular flexibility index (Phi) is 3.22. The molecule has 0 spiro atoms. The van der Waals surface area contributed by atoms with Crippen molar-refractivity contribution >= 4 is 27.3 Å². The number of benzene rings is 1. The second kappa shape index (κ2) is 4.90. The molecule has 3 aromatic rings. The fourth-order valence-electron chi connectivity index (χ4n) is 2.25. The van der Waals surface area contributed by atoms with Crippen molar-refractivity contribution in [3.63, 3.8) is 0 Å². The molecule has 0 N–H and O–H groups in total. The van der Waals surface area contributed by atoms with Gasteiger partial charge in [-0.1, -0.05) is 18.2 Å². The van der Waals surface area contributed by atoms with Crippen molar-refractivity contribution < 1.29 is 4.39 Å². The lowest BCUT2D eigenvalue weighted by Gasteiger charge is -2.16. The zero-order valence-corrected chi connectivity index (χ0v) is 12.7. The van der Waals surface area contributed by atoms with Gasteiger partial charge in [0, 0.05) is 19.7 Å². The molecule has 2 heterocycles. The molecule has 0 fully saturated rings. The van der Waals surface area contributed by atoms with Gasteiger partial charge in [-0.3, -0.25) is 4.40 Å². The number of aromatic nitrogens is 2. The standard InChI is InChI=1S/C15H13BrFN3/c1-19(2)13-8-4-7-12-14(16)18-15(20(12)13)10-5-3-6-11(17)9-10/h3-9H,1-2H3. The predicted octanol–water partition coefficient (Wildman–Crippen LogP) is 3.97. The highest BCUT2D eigenvalue weighted by Gasteiger charge is 2.15. The van der Waals surface area contributed by atoms with Crippen LogP contribution in [-0.4, -0.2) is 23.5 Å². The van der Waals surface area contributed by atoms with E-state index >= 15 is 0 Å². The Hall–Kier alpha value is -1.88. The summed E-state index contributed by atoms with van der Waals surface area (Å²) in [5.41, 5.74) is 1.70. The minimum atomic E-state index is -0.266. The third kappa shape index (κ3) is 2.08. The summed E-state index contributed by atoms with van der Waals surface area (Å²) in [5, 5.41) is 0. The molecule has 0 aliphatic heterocycles. The minimum Gasteiger partial charge on any atom is -0.364 e. The Bertz CT molecular complexity index is 780. The number of rotatable bonds is 2. The number of hydrogen-bond donors (Lipinski definition) is 0. The quantitative estimate of drug-likeness (QED) is 0.707. The molecule has 3 nitrogen and oxygen atoms in total. The van der Waals surface area contributed by atoms with E-state index in [0.717, 1.165) is 27.3 Å². The first-order chi connectivity index (χ1) is 9.58. The molecule has 2 aromatic heterocycles. The van der Waals surface area contributed by atoms with Crippen LogP contribution < -0.4 is 4.90 Å². The molecular weight excluding hydrogens is 321 g/mol. The van der Waals surface area contributed by atoms with E-state index in [2.05, 4.69) is 20.9 Å². The van der Waals surface area contributed by atoms with Crippen LogP contribution in [0.15, 0.2) is 47.1 Å².